The van der Waals surface area contributed by atoms with E-state index in [1.807, 2.05) is 0 Å². The van der Waals surface area contributed by atoms with E-state index in [4.69, 9.17) is 4.74 Å². The fourth-order valence-electron chi connectivity index (χ4n) is 1.50. The van der Waals surface area contributed by atoms with Gasteiger partial charge in [0.1, 0.15) is 16.9 Å². The van der Waals surface area contributed by atoms with Gasteiger partial charge in [-0.1, -0.05) is 0 Å². The van der Waals surface area contributed by atoms with Crippen molar-refractivity contribution in [3.05, 3.63) is 16.7 Å². The Hall–Kier alpha value is -2.24. The van der Waals surface area contributed by atoms with Gasteiger partial charge in [0, 0.05) is 5.56 Å². The summed E-state index contributed by atoms with van der Waals surface area (Å²) in [5.74, 6) is -1.98. The first-order valence-corrected chi connectivity index (χ1v) is 4.65. The molecule has 0 aliphatic rings. The maximum absolute atomic E-state index is 11.4. The van der Waals surface area contributed by atoms with Crippen molar-refractivity contribution in [1.29, 1.82) is 0 Å². The summed E-state index contributed by atoms with van der Waals surface area (Å²) in [4.78, 5) is 22.3. The molecule has 0 amide bonds. The number of phenols is 2. The van der Waals surface area contributed by atoms with Gasteiger partial charge < -0.3 is 19.7 Å². The highest BCUT2D eigenvalue weighted by Crippen LogP contribution is 2.41. The number of aromatic hydroxyl groups is 2. The van der Waals surface area contributed by atoms with Gasteiger partial charge in [0.15, 0.2) is 17.8 Å². The molecule has 1 rings (SSSR count). The fourth-order valence-corrected chi connectivity index (χ4v) is 1.50. The number of phenolic OH excluding ortho intramolecular Hbond substituents is 2. The molecule has 0 aliphatic heterocycles. The van der Waals surface area contributed by atoms with Crippen LogP contribution in [-0.4, -0.2) is 36.7 Å². The van der Waals surface area contributed by atoms with Crippen molar-refractivity contribution >= 4 is 12.3 Å². The summed E-state index contributed by atoms with van der Waals surface area (Å²) in [6.07, 6.45) is 0.291. The number of benzene rings is 1. The molecule has 0 spiro atoms. The van der Waals surface area contributed by atoms with Crippen molar-refractivity contribution in [3.63, 3.8) is 0 Å². The molecule has 0 unspecified atom stereocenters. The highest BCUT2D eigenvalue weighted by atomic mass is 16.5. The van der Waals surface area contributed by atoms with E-state index in [1.165, 1.54) is 14.0 Å². The number of aldehydes is 1. The molecule has 1 aromatic carbocycles. The van der Waals surface area contributed by atoms with Gasteiger partial charge in [0.2, 0.25) is 0 Å². The minimum atomic E-state index is -0.846. The zero-order chi connectivity index (χ0) is 13.2. The molecular formula is C11H12O6. The van der Waals surface area contributed by atoms with E-state index >= 15 is 0 Å². The molecule has 6 nitrogen and oxygen atoms in total. The van der Waals surface area contributed by atoms with Crippen molar-refractivity contribution in [2.45, 2.75) is 6.92 Å². The van der Waals surface area contributed by atoms with Crippen LogP contribution in [0.15, 0.2) is 0 Å². The summed E-state index contributed by atoms with van der Waals surface area (Å²) in [7, 11) is 2.36. The van der Waals surface area contributed by atoms with E-state index in [9.17, 15) is 19.8 Å². The molecular weight excluding hydrogens is 228 g/mol. The summed E-state index contributed by atoms with van der Waals surface area (Å²) in [5.41, 5.74) is -0.472. The first-order valence-electron chi connectivity index (χ1n) is 4.65. The number of hydrogen-bond acceptors (Lipinski definition) is 6. The van der Waals surface area contributed by atoms with Gasteiger partial charge in [-0.25, -0.2) is 4.79 Å². The molecule has 0 fully saturated rings. The Morgan fingerprint density at radius 3 is 2.24 bits per heavy atom. The molecule has 0 saturated carbocycles. The number of ether oxygens (including phenoxy) is 2. The number of carbonyl (C=O) groups excluding carboxylic acids is 2. The SMILES string of the molecule is COC(=O)c1c(C)c(O)c(OC)c(C=O)c1O. The number of carbonyl (C=O) groups is 2. The third-order valence-electron chi connectivity index (χ3n) is 2.39. The molecule has 0 atom stereocenters. The van der Waals surface area contributed by atoms with E-state index in [-0.39, 0.29) is 28.2 Å². The summed E-state index contributed by atoms with van der Waals surface area (Å²) in [6, 6.07) is 0. The highest BCUT2D eigenvalue weighted by molar-refractivity contribution is 6.00. The molecule has 2 N–H and O–H groups in total. The predicted octanol–water partition coefficient (Wildman–Crippen LogP) is 1.01. The lowest BCUT2D eigenvalue weighted by molar-refractivity contribution is 0.0596. The van der Waals surface area contributed by atoms with Crippen LogP contribution >= 0.6 is 0 Å². The Bertz CT molecular complexity index is 478. The number of esters is 1. The van der Waals surface area contributed by atoms with Gasteiger partial charge in [-0.3, -0.25) is 4.79 Å². The van der Waals surface area contributed by atoms with Gasteiger partial charge >= 0.3 is 5.97 Å². The zero-order valence-electron chi connectivity index (χ0n) is 9.60. The van der Waals surface area contributed by atoms with E-state index in [1.54, 1.807) is 0 Å². The summed E-state index contributed by atoms with van der Waals surface area (Å²) >= 11 is 0. The van der Waals surface area contributed by atoms with Gasteiger partial charge in [-0.2, -0.15) is 0 Å². The second-order valence-electron chi connectivity index (χ2n) is 3.25. The van der Waals surface area contributed by atoms with Gasteiger partial charge in [0.25, 0.3) is 0 Å². The Kier molecular flexibility index (Phi) is 3.57. The number of rotatable bonds is 3. The molecule has 0 bridgehead atoms. The lowest BCUT2D eigenvalue weighted by Gasteiger charge is -2.14. The fraction of sp³-hybridized carbons (Fsp3) is 0.273. The molecule has 1 aromatic rings. The van der Waals surface area contributed by atoms with Crippen molar-refractivity contribution in [2.75, 3.05) is 14.2 Å². The summed E-state index contributed by atoms with van der Waals surface area (Å²) < 4.78 is 9.26. The van der Waals surface area contributed by atoms with Crippen LogP contribution in [0.5, 0.6) is 17.2 Å². The Morgan fingerprint density at radius 1 is 1.24 bits per heavy atom. The summed E-state index contributed by atoms with van der Waals surface area (Å²) in [5, 5.41) is 19.5. The maximum atomic E-state index is 11.4. The van der Waals surface area contributed by atoms with Crippen LogP contribution in [0.3, 0.4) is 0 Å². The Labute approximate surface area is 97.4 Å². The van der Waals surface area contributed by atoms with E-state index < -0.39 is 11.7 Å². The summed E-state index contributed by atoms with van der Waals surface area (Å²) in [6.45, 7) is 1.40. The van der Waals surface area contributed by atoms with Crippen molar-refractivity contribution in [2.24, 2.45) is 0 Å². The minimum Gasteiger partial charge on any atom is -0.506 e. The van der Waals surface area contributed by atoms with E-state index in [0.717, 1.165) is 7.11 Å². The van der Waals surface area contributed by atoms with Crippen molar-refractivity contribution in [1.82, 2.24) is 0 Å². The van der Waals surface area contributed by atoms with Crippen LogP contribution in [0.2, 0.25) is 0 Å². The smallest absolute Gasteiger partial charge is 0.342 e. The van der Waals surface area contributed by atoms with Crippen molar-refractivity contribution < 1.29 is 29.3 Å². The number of methoxy groups -OCH3 is 2. The quantitative estimate of drug-likeness (QED) is 0.465. The molecule has 0 radical (unpaired) electrons. The van der Waals surface area contributed by atoms with Crippen LogP contribution in [0.1, 0.15) is 26.3 Å². The number of hydrogen-bond donors (Lipinski definition) is 2. The Morgan fingerprint density at radius 2 is 1.82 bits per heavy atom. The third kappa shape index (κ3) is 1.89. The van der Waals surface area contributed by atoms with E-state index in [0.29, 0.717) is 6.29 Å². The largest absolute Gasteiger partial charge is 0.506 e. The second-order valence-corrected chi connectivity index (χ2v) is 3.25. The monoisotopic (exact) mass is 240 g/mol. The van der Waals surface area contributed by atoms with Gasteiger partial charge in [-0.15, -0.1) is 0 Å². The van der Waals surface area contributed by atoms with Crippen LogP contribution in [0, 0.1) is 6.92 Å². The van der Waals surface area contributed by atoms with Crippen LogP contribution < -0.4 is 4.74 Å². The first-order chi connectivity index (χ1) is 7.99. The standard InChI is InChI=1S/C11H12O6/c1-5-7(11(15)17-3)9(14)6(4-12)10(16-2)8(5)13/h4,13-14H,1-3H3. The van der Waals surface area contributed by atoms with Gasteiger partial charge in [-0.05, 0) is 6.92 Å². The van der Waals surface area contributed by atoms with Crippen LogP contribution in [0.4, 0.5) is 0 Å². The van der Waals surface area contributed by atoms with E-state index in [2.05, 4.69) is 4.74 Å². The molecule has 17 heavy (non-hydrogen) atoms. The highest BCUT2D eigenvalue weighted by Gasteiger charge is 2.26. The minimum absolute atomic E-state index is 0.0804. The lowest BCUT2D eigenvalue weighted by Crippen LogP contribution is -2.07. The molecule has 0 saturated heterocycles. The molecule has 0 heterocycles. The molecule has 92 valence electrons. The zero-order valence-corrected chi connectivity index (χ0v) is 9.60. The maximum Gasteiger partial charge on any atom is 0.342 e. The molecule has 0 aromatic heterocycles. The molecule has 6 heteroatoms. The lowest BCUT2D eigenvalue weighted by atomic mass is 10.0. The third-order valence-corrected chi connectivity index (χ3v) is 2.39. The average molecular weight is 240 g/mol. The predicted molar refractivity (Wildman–Crippen MR) is 57.8 cm³/mol. The van der Waals surface area contributed by atoms with Crippen LogP contribution in [-0.2, 0) is 4.74 Å². The molecule has 0 aliphatic carbocycles. The normalized spacial score (nSPS) is 9.82. The first kappa shape index (κ1) is 12.8. The van der Waals surface area contributed by atoms with Crippen LogP contribution in [0.25, 0.3) is 0 Å². The second kappa shape index (κ2) is 4.73. The average Bonchev–Trinajstić information content (AvgIpc) is 2.33. The topological polar surface area (TPSA) is 93.1 Å². The van der Waals surface area contributed by atoms with Gasteiger partial charge in [0.05, 0.1) is 14.2 Å². The Balaban J connectivity index is 3.70. The van der Waals surface area contributed by atoms with Crippen molar-refractivity contribution in [3.8, 4) is 17.2 Å².